The highest BCUT2D eigenvalue weighted by Gasteiger charge is 2.29. The van der Waals surface area contributed by atoms with Crippen molar-refractivity contribution in [2.24, 2.45) is 0 Å². The van der Waals surface area contributed by atoms with Crippen LogP contribution < -0.4 is 10.1 Å². The summed E-state index contributed by atoms with van der Waals surface area (Å²) < 4.78 is 6.36. The number of hydrogen-bond acceptors (Lipinski definition) is 8. The molecule has 1 atom stereocenters. The molecule has 3 heterocycles. The monoisotopic (exact) mass is 451 g/mol. The fourth-order valence-corrected chi connectivity index (χ4v) is 5.67. The van der Waals surface area contributed by atoms with Crippen molar-refractivity contribution in [1.82, 2.24) is 20.1 Å². The Morgan fingerprint density at radius 3 is 2.81 bits per heavy atom. The highest BCUT2D eigenvalue weighted by atomic mass is 32.1. The van der Waals surface area contributed by atoms with Gasteiger partial charge in [-0.2, -0.15) is 0 Å². The summed E-state index contributed by atoms with van der Waals surface area (Å²) in [5.74, 6) is 0.488. The van der Waals surface area contributed by atoms with E-state index in [1.807, 2.05) is 6.07 Å². The number of ether oxygens (including phenoxy) is 1. The summed E-state index contributed by atoms with van der Waals surface area (Å²) >= 11 is 3.10. The molecule has 158 valence electrons. The normalized spacial score (nSPS) is 16.6. The largest absolute Gasteiger partial charge is 0.497 e. The van der Waals surface area contributed by atoms with E-state index in [0.29, 0.717) is 17.2 Å². The fourth-order valence-electron chi connectivity index (χ4n) is 3.77. The van der Waals surface area contributed by atoms with Gasteiger partial charge in [0, 0.05) is 5.69 Å². The van der Waals surface area contributed by atoms with Gasteiger partial charge in [0.05, 0.1) is 29.9 Å². The van der Waals surface area contributed by atoms with Gasteiger partial charge in [0.1, 0.15) is 15.8 Å². The fraction of sp³-hybridized carbons (Fsp3) is 0.273. The molecule has 0 spiro atoms. The first kappa shape index (κ1) is 20.0. The van der Waals surface area contributed by atoms with Crippen LogP contribution in [0.15, 0.2) is 48.5 Å². The maximum absolute atomic E-state index is 12.5. The number of hydrogen-bond donors (Lipinski definition) is 1. The predicted octanol–water partition coefficient (Wildman–Crippen LogP) is 4.75. The number of thiazole rings is 1. The van der Waals surface area contributed by atoms with Crippen LogP contribution in [0.1, 0.15) is 38.7 Å². The average Bonchev–Trinajstić information content (AvgIpc) is 3.53. The molecule has 1 saturated heterocycles. The summed E-state index contributed by atoms with van der Waals surface area (Å²) in [6, 6.07) is 15.7. The number of likely N-dealkylation sites (tertiary alicyclic amines) is 1. The van der Waals surface area contributed by atoms with E-state index in [4.69, 9.17) is 9.72 Å². The molecule has 1 N–H and O–H groups in total. The molecule has 0 aliphatic carbocycles. The van der Waals surface area contributed by atoms with Crippen molar-refractivity contribution >= 4 is 44.5 Å². The predicted molar refractivity (Wildman–Crippen MR) is 123 cm³/mol. The lowest BCUT2D eigenvalue weighted by Crippen LogP contribution is -2.22. The number of amides is 1. The third kappa shape index (κ3) is 4.30. The van der Waals surface area contributed by atoms with Crippen molar-refractivity contribution in [2.75, 3.05) is 19.0 Å². The van der Waals surface area contributed by atoms with Gasteiger partial charge in [0.2, 0.25) is 5.01 Å². The number of anilines is 1. The summed E-state index contributed by atoms with van der Waals surface area (Å²) in [7, 11) is 1.61. The van der Waals surface area contributed by atoms with Crippen molar-refractivity contribution in [3.8, 4) is 5.75 Å². The molecule has 2 aromatic carbocycles. The summed E-state index contributed by atoms with van der Waals surface area (Å²) in [5, 5.41) is 13.6. The number of para-hydroxylation sites is 1. The first-order chi connectivity index (χ1) is 15.2. The number of benzene rings is 2. The van der Waals surface area contributed by atoms with Gasteiger partial charge in [0.15, 0.2) is 0 Å². The van der Waals surface area contributed by atoms with Crippen molar-refractivity contribution in [3.05, 3.63) is 63.6 Å². The van der Waals surface area contributed by atoms with Crippen molar-refractivity contribution < 1.29 is 9.53 Å². The number of aromatic nitrogens is 3. The van der Waals surface area contributed by atoms with Crippen LogP contribution in [0.3, 0.4) is 0 Å². The van der Waals surface area contributed by atoms with E-state index >= 15 is 0 Å². The number of nitrogens with one attached hydrogen (secondary N) is 1. The Balaban J connectivity index is 1.26. The molecule has 31 heavy (non-hydrogen) atoms. The molecule has 0 bridgehead atoms. The van der Waals surface area contributed by atoms with Gasteiger partial charge < -0.3 is 10.1 Å². The minimum absolute atomic E-state index is 0.252. The Hall–Kier alpha value is -2.88. The standard InChI is InChI=1S/C22H21N5O2S2/c1-29-15-10-8-14(9-11-15)23-20(28)22-26-25-19(31-22)13-27-12-4-6-17(27)21-24-16-5-2-3-7-18(16)30-21/h2-3,5,7-11,17H,4,6,12-13H2,1H3,(H,23,28). The molecule has 0 saturated carbocycles. The Morgan fingerprint density at radius 2 is 2.00 bits per heavy atom. The topological polar surface area (TPSA) is 80.2 Å². The lowest BCUT2D eigenvalue weighted by Gasteiger charge is -2.21. The number of nitrogens with zero attached hydrogens (tertiary/aromatic N) is 4. The van der Waals surface area contributed by atoms with Crippen LogP contribution in [0.4, 0.5) is 5.69 Å². The highest BCUT2D eigenvalue weighted by Crippen LogP contribution is 2.37. The van der Waals surface area contributed by atoms with Crippen LogP contribution in [0.2, 0.25) is 0 Å². The highest BCUT2D eigenvalue weighted by molar-refractivity contribution is 7.18. The molecule has 1 amide bonds. The molecule has 9 heteroatoms. The van der Waals surface area contributed by atoms with E-state index in [1.165, 1.54) is 16.0 Å². The molecule has 7 nitrogen and oxygen atoms in total. The minimum atomic E-state index is -0.252. The summed E-state index contributed by atoms with van der Waals surface area (Å²) in [5.41, 5.74) is 1.75. The van der Waals surface area contributed by atoms with Crippen LogP contribution in [-0.2, 0) is 6.54 Å². The van der Waals surface area contributed by atoms with E-state index < -0.39 is 0 Å². The molecule has 2 aromatic heterocycles. The Morgan fingerprint density at radius 1 is 1.16 bits per heavy atom. The molecule has 4 aromatic rings. The summed E-state index contributed by atoms with van der Waals surface area (Å²) in [4.78, 5) is 19.8. The van der Waals surface area contributed by atoms with Crippen molar-refractivity contribution in [3.63, 3.8) is 0 Å². The molecule has 5 rings (SSSR count). The second-order valence-electron chi connectivity index (χ2n) is 7.33. The lowest BCUT2D eigenvalue weighted by molar-refractivity contribution is 0.102. The maximum atomic E-state index is 12.5. The van der Waals surface area contributed by atoms with E-state index in [0.717, 1.165) is 40.7 Å². The quantitative estimate of drug-likeness (QED) is 0.456. The van der Waals surface area contributed by atoms with Crippen LogP contribution in [0.5, 0.6) is 5.75 Å². The smallest absolute Gasteiger partial charge is 0.286 e. The molecule has 1 aliphatic heterocycles. The first-order valence-electron chi connectivity index (χ1n) is 10.1. The van der Waals surface area contributed by atoms with Crippen LogP contribution >= 0.6 is 22.7 Å². The van der Waals surface area contributed by atoms with Crippen molar-refractivity contribution in [2.45, 2.75) is 25.4 Å². The lowest BCUT2D eigenvalue weighted by atomic mass is 10.2. The SMILES string of the molecule is COc1ccc(NC(=O)c2nnc(CN3CCCC3c3nc4ccccc4s3)s2)cc1. The first-order valence-corrected chi connectivity index (χ1v) is 11.7. The number of methoxy groups -OCH3 is 1. The van der Waals surface area contributed by atoms with Crippen LogP contribution in [0, 0.1) is 0 Å². The average molecular weight is 452 g/mol. The van der Waals surface area contributed by atoms with Gasteiger partial charge >= 0.3 is 0 Å². The second kappa shape index (κ2) is 8.70. The maximum Gasteiger partial charge on any atom is 0.286 e. The molecule has 1 unspecified atom stereocenters. The van der Waals surface area contributed by atoms with Gasteiger partial charge in [-0.3, -0.25) is 9.69 Å². The zero-order valence-electron chi connectivity index (χ0n) is 16.9. The molecule has 0 radical (unpaired) electrons. The van der Waals surface area contributed by atoms with E-state index in [-0.39, 0.29) is 11.9 Å². The summed E-state index contributed by atoms with van der Waals surface area (Å²) in [6.45, 7) is 1.67. The van der Waals surface area contributed by atoms with Crippen molar-refractivity contribution in [1.29, 1.82) is 0 Å². The Bertz CT molecular complexity index is 1170. The van der Waals surface area contributed by atoms with Gasteiger partial charge in [-0.1, -0.05) is 23.5 Å². The molecule has 1 fully saturated rings. The van der Waals surface area contributed by atoms with E-state index in [9.17, 15) is 4.79 Å². The van der Waals surface area contributed by atoms with Gasteiger partial charge in [-0.25, -0.2) is 4.98 Å². The van der Waals surface area contributed by atoms with Crippen LogP contribution in [0.25, 0.3) is 10.2 Å². The Kier molecular flexibility index (Phi) is 5.63. The number of carbonyl (C=O) groups is 1. The van der Waals surface area contributed by atoms with Gasteiger partial charge in [0.25, 0.3) is 5.91 Å². The molecular weight excluding hydrogens is 430 g/mol. The second-order valence-corrected chi connectivity index (χ2v) is 9.46. The van der Waals surface area contributed by atoms with Crippen LogP contribution in [-0.4, -0.2) is 39.6 Å². The third-order valence-electron chi connectivity index (χ3n) is 5.31. The molecule has 1 aliphatic rings. The molecular formula is C22H21N5O2S2. The minimum Gasteiger partial charge on any atom is -0.497 e. The van der Waals surface area contributed by atoms with Gasteiger partial charge in [-0.15, -0.1) is 21.5 Å². The Labute approximate surface area is 187 Å². The van der Waals surface area contributed by atoms with E-state index in [2.05, 4.69) is 38.6 Å². The zero-order chi connectivity index (χ0) is 21.2. The number of rotatable bonds is 6. The van der Waals surface area contributed by atoms with Gasteiger partial charge in [-0.05, 0) is 55.8 Å². The summed E-state index contributed by atoms with van der Waals surface area (Å²) in [6.07, 6.45) is 2.22. The zero-order valence-corrected chi connectivity index (χ0v) is 18.6. The third-order valence-corrected chi connectivity index (χ3v) is 7.35. The number of fused-ring (bicyclic) bond motifs is 1. The van der Waals surface area contributed by atoms with E-state index in [1.54, 1.807) is 42.7 Å². The number of carbonyl (C=O) groups excluding carboxylic acids is 1.